The number of nitrogens with one attached hydrogen (secondary N) is 2. The molecule has 0 radical (unpaired) electrons. The average Bonchev–Trinajstić information content (AvgIpc) is 1.38. The number of carbonyl (C=O) groups excluding carboxylic acids is 3. The van der Waals surface area contributed by atoms with E-state index in [0.717, 1.165) is 120 Å². The van der Waals surface area contributed by atoms with Gasteiger partial charge in [-0.25, -0.2) is 47.3 Å². The molecule has 0 aliphatic carbocycles. The van der Waals surface area contributed by atoms with Gasteiger partial charge in [-0.1, -0.05) is 27.5 Å². The van der Waals surface area contributed by atoms with Crippen molar-refractivity contribution >= 4 is 132 Å². The van der Waals surface area contributed by atoms with E-state index in [2.05, 4.69) is 118 Å². The molecule has 35 heteroatoms. The zero-order chi connectivity index (χ0) is 73.4. The molecule has 0 bridgehead atoms. The summed E-state index contributed by atoms with van der Waals surface area (Å²) in [4.78, 5) is 94.7. The Hall–Kier alpha value is -7.38. The van der Waals surface area contributed by atoms with Crippen molar-refractivity contribution in [3.8, 4) is 17.0 Å². The number of aryl methyl sites for hydroxylation is 1. The maximum Gasteiger partial charge on any atom is 1.00 e. The number of alkyl halides is 1. The van der Waals surface area contributed by atoms with E-state index in [1.807, 2.05) is 36.4 Å². The number of hydrogen-bond acceptors (Lipinski definition) is 23. The summed E-state index contributed by atoms with van der Waals surface area (Å²) in [6.07, 6.45) is 20.4. The molecule has 5 fully saturated rings. The average molecular weight is 1740 g/mol. The van der Waals surface area contributed by atoms with Gasteiger partial charge in [0.1, 0.15) is 39.2 Å². The van der Waals surface area contributed by atoms with Gasteiger partial charge in [0.05, 0.1) is 75.8 Å². The van der Waals surface area contributed by atoms with Crippen LogP contribution in [0.4, 0.5) is 15.9 Å². The molecule has 546 valence electrons. The van der Waals surface area contributed by atoms with Gasteiger partial charge in [0.25, 0.3) is 26.7 Å². The van der Waals surface area contributed by atoms with E-state index in [1.165, 1.54) is 23.8 Å². The fourth-order valence-corrected chi connectivity index (χ4v) is 13.2. The number of aliphatic hydroxyl groups excluding tert-OH is 1. The number of carbonyl (C=O) groups is 3. The number of morpholine rings is 2. The summed E-state index contributed by atoms with van der Waals surface area (Å²) in [6.45, 7) is 9.59. The first kappa shape index (κ1) is 82.3. The molecule has 0 amide bonds. The maximum absolute atomic E-state index is 13.4. The number of nitrogens with zero attached hydrogens (tertiary/aromatic N) is 10. The second-order valence-corrected chi connectivity index (χ2v) is 28.4. The number of pyridine rings is 5. The summed E-state index contributed by atoms with van der Waals surface area (Å²) < 4.78 is 78.9. The number of methoxy groups -OCH3 is 1. The minimum Gasteiger partial charge on any atom is -1.00 e. The zero-order valence-electron chi connectivity index (χ0n) is 57.4. The first-order valence-corrected chi connectivity index (χ1v) is 37.5. The predicted molar refractivity (Wildman–Crippen MR) is 398 cm³/mol. The summed E-state index contributed by atoms with van der Waals surface area (Å²) in [5, 5.41) is 11.7. The van der Waals surface area contributed by atoms with Crippen molar-refractivity contribution in [1.29, 1.82) is 0 Å². The minimum absolute atomic E-state index is 0. The molecular formula is C69H71Br4ClFN12NaO15S. The number of ether oxygens (including phenoxy) is 6. The number of cyclic esters (lactones) is 3. The Labute approximate surface area is 658 Å². The summed E-state index contributed by atoms with van der Waals surface area (Å²) in [5.41, 5.74) is 5.92. The smallest absolute Gasteiger partial charge is 1.00 e. The molecule has 1 aromatic carbocycles. The monoisotopic (exact) mass is 1730 g/mol. The summed E-state index contributed by atoms with van der Waals surface area (Å²) in [5.74, 6) is -0.636. The second-order valence-electron chi connectivity index (χ2n) is 22.8. The molecule has 14 rings (SSSR count). The van der Waals surface area contributed by atoms with Crippen LogP contribution < -0.4 is 61.0 Å². The van der Waals surface area contributed by atoms with Gasteiger partial charge in [-0.2, -0.15) is 0 Å². The van der Waals surface area contributed by atoms with Crippen LogP contribution in [0.2, 0.25) is 5.02 Å². The third-order valence-electron chi connectivity index (χ3n) is 15.8. The van der Waals surface area contributed by atoms with Crippen molar-refractivity contribution in [2.75, 3.05) is 108 Å². The fourth-order valence-electron chi connectivity index (χ4n) is 10.3. The van der Waals surface area contributed by atoms with Crippen molar-refractivity contribution in [1.82, 2.24) is 47.9 Å². The number of sulfonamides is 1. The van der Waals surface area contributed by atoms with E-state index in [0.29, 0.717) is 116 Å². The molecule has 0 spiro atoms. The first-order valence-electron chi connectivity index (χ1n) is 32.1. The standard InChI is InChI=1S/C26H25ClFN5O5S.C14H16BrN3O2.C10H8Br2N2O.C10H9BrN2O2.C5H6O3.C4H6O2.Na.H/c1-37-25-22(31-39(35,36)23-4-3-20(28)13-21(23)27)12-19(15-30-25)18-2-5-24-29-14-17(26(34)33(24)16-18)6-7-32-8-10-38-11-9-32;15-12-1-2-13-16-9-11(14(19)18(13)10-12)3-4-17-5-7-20-8-6-17;11-4-3-7-5-13-9-2-1-8(12)6-14(9)10(7)15;11-8-1-2-9(13-6-8)12-5-7-3-4-15-10(7)14;6-3-4-1-2-8-5(4)7;5-4-2-1-3-6-4;;/h2-5,12-16,31H,6-11H2,1H3;1-2,9-10H,3-8H2;1-2,5-6H,3-4H2;1-2,5-6H,3-4H2,(H,12,13);3,6H,1-2H2;1-3H2;;/q;;;;;;+1;-1/b;;;7-5+;4-3+;;;. The van der Waals surface area contributed by atoms with Crippen LogP contribution in [0.3, 0.4) is 0 Å². The molecule has 27 nitrogen and oxygen atoms in total. The van der Waals surface area contributed by atoms with Gasteiger partial charge in [0.2, 0.25) is 5.88 Å². The van der Waals surface area contributed by atoms with E-state index < -0.39 is 21.8 Å². The zero-order valence-corrected chi connectivity index (χ0v) is 66.3. The Morgan fingerprint density at radius 2 is 1.13 bits per heavy atom. The molecule has 5 aliphatic rings. The van der Waals surface area contributed by atoms with E-state index in [1.54, 1.807) is 70.5 Å². The van der Waals surface area contributed by atoms with Gasteiger partial charge < -0.3 is 40.3 Å². The van der Waals surface area contributed by atoms with Crippen molar-refractivity contribution in [2.24, 2.45) is 0 Å². The summed E-state index contributed by atoms with van der Waals surface area (Å²) >= 11 is 19.3. The van der Waals surface area contributed by atoms with Crippen molar-refractivity contribution in [2.45, 2.75) is 49.8 Å². The van der Waals surface area contributed by atoms with Crippen LogP contribution in [0.5, 0.6) is 5.88 Å². The molecular weight excluding hydrogens is 1670 g/mol. The molecule has 5 aliphatic heterocycles. The van der Waals surface area contributed by atoms with Gasteiger partial charge >= 0.3 is 47.5 Å². The van der Waals surface area contributed by atoms with Gasteiger partial charge in [0.15, 0.2) is 0 Å². The van der Waals surface area contributed by atoms with Gasteiger partial charge in [-0.3, -0.25) is 46.9 Å². The molecule has 0 atom stereocenters. The Bertz CT molecular complexity index is 4860. The number of esters is 3. The molecule has 5 saturated heterocycles. The number of rotatable bonds is 15. The number of anilines is 2. The molecule has 9 aromatic rings. The van der Waals surface area contributed by atoms with E-state index in [9.17, 15) is 41.6 Å². The van der Waals surface area contributed by atoms with E-state index >= 15 is 0 Å². The van der Waals surface area contributed by atoms with Crippen molar-refractivity contribution in [3.63, 3.8) is 0 Å². The molecule has 0 saturated carbocycles. The molecule has 3 N–H and O–H groups in total. The van der Waals surface area contributed by atoms with E-state index in [-0.39, 0.29) is 81.1 Å². The van der Waals surface area contributed by atoms with E-state index in [4.69, 9.17) is 35.7 Å². The minimum atomic E-state index is -4.20. The number of aliphatic hydroxyl groups is 1. The van der Waals surface area contributed by atoms with Crippen LogP contribution >= 0.6 is 75.3 Å². The normalized spacial score (nSPS) is 15.8. The Balaban J connectivity index is 0.000000195. The molecule has 104 heavy (non-hydrogen) atoms. The molecule has 0 unspecified atom stereocenters. The second kappa shape index (κ2) is 40.9. The fraction of sp³-hybridized carbons (Fsp3) is 0.319. The van der Waals surface area contributed by atoms with Gasteiger partial charge in [-0.05, 0) is 146 Å². The maximum atomic E-state index is 13.4. The number of halogens is 6. The van der Waals surface area contributed by atoms with Crippen LogP contribution in [0, 0.1) is 5.82 Å². The topological polar surface area (TPSA) is 320 Å². The largest absolute Gasteiger partial charge is 1.00 e. The number of fused-ring (bicyclic) bond motifs is 3. The van der Waals surface area contributed by atoms with Gasteiger partial charge in [-0.15, -0.1) is 0 Å². The Kier molecular flexibility index (Phi) is 32.4. The third kappa shape index (κ3) is 23.8. The van der Waals surface area contributed by atoms with Crippen molar-refractivity contribution < 1.29 is 91.7 Å². The predicted octanol–water partition coefficient (Wildman–Crippen LogP) is 6.86. The molecule has 13 heterocycles. The number of benzene rings is 1. The number of aromatic nitrogens is 8. The van der Waals surface area contributed by atoms with Crippen molar-refractivity contribution in [3.05, 3.63) is 218 Å². The number of hydrogen-bond donors (Lipinski definition) is 3. The van der Waals surface area contributed by atoms with Crippen LogP contribution in [-0.4, -0.2) is 177 Å². The SMILES string of the molecule is COc1ncc(-c2ccc3ncc(CCN4CCOCC4)c(=O)n3c2)cc1NS(=O)(=O)c1ccc(F)cc1Cl.O=C1CCCO1.O=C1OCC/C1=C\Nc1ccc(Br)cn1.O=C1OCC/C1=C\O.O=c1c(CCBr)cnc2ccc(Br)cn12.O=c1c(CCN2CCOCC2)cnc2ccc(Br)cn12.[H-].[Na+]. The first-order chi connectivity index (χ1) is 49.7. The summed E-state index contributed by atoms with van der Waals surface area (Å²) in [7, 11) is -2.85. The molecule has 8 aromatic heterocycles. The van der Waals surface area contributed by atoms with Crippen LogP contribution in [0.25, 0.3) is 28.1 Å². The Morgan fingerprint density at radius 3 is 1.59 bits per heavy atom. The van der Waals surface area contributed by atoms with Gasteiger partial charge in [0, 0.05) is 161 Å². The van der Waals surface area contributed by atoms with Crippen LogP contribution in [-0.2, 0) is 67.4 Å². The summed E-state index contributed by atoms with van der Waals surface area (Å²) in [6, 6.07) is 19.1. The third-order valence-corrected chi connectivity index (χ3v) is 19.5. The van der Waals surface area contributed by atoms with Crippen LogP contribution in [0.15, 0.2) is 179 Å². The van der Waals surface area contributed by atoms with Crippen LogP contribution in [0.1, 0.15) is 43.8 Å². The Morgan fingerprint density at radius 1 is 0.606 bits per heavy atom. The quantitative estimate of drug-likeness (QED) is 0.0236.